The molecule has 0 spiro atoms. The number of rotatable bonds is 4. The lowest BCUT2D eigenvalue weighted by Gasteiger charge is -2.19. The van der Waals surface area contributed by atoms with E-state index in [1.165, 1.54) is 0 Å². The fourth-order valence-electron chi connectivity index (χ4n) is 1.91. The summed E-state index contributed by atoms with van der Waals surface area (Å²) in [5, 5.41) is 9.08. The Morgan fingerprint density at radius 3 is 2.71 bits per heavy atom. The highest BCUT2D eigenvalue weighted by molar-refractivity contribution is 6.04. The highest BCUT2D eigenvalue weighted by atomic mass is 16.4. The first kappa shape index (κ1) is 11.0. The largest absolute Gasteiger partial charge is 0.480 e. The fourth-order valence-corrected chi connectivity index (χ4v) is 1.91. The van der Waals surface area contributed by atoms with Gasteiger partial charge in [0.25, 0.3) is 0 Å². The van der Waals surface area contributed by atoms with E-state index in [1.807, 2.05) is 19.1 Å². The molecule has 0 aromatic carbocycles. The number of carbonyl (C=O) groups is 2. The second-order valence-electron chi connectivity index (χ2n) is 3.75. The molecule has 1 aliphatic rings. The van der Waals surface area contributed by atoms with Crippen LogP contribution in [0.2, 0.25) is 0 Å². The highest BCUT2D eigenvalue weighted by Gasteiger charge is 2.47. The van der Waals surface area contributed by atoms with Crippen LogP contribution < -0.4 is 0 Å². The topological polar surface area (TPSA) is 54.4 Å². The van der Waals surface area contributed by atoms with Gasteiger partial charge in [0.15, 0.2) is 0 Å². The summed E-state index contributed by atoms with van der Waals surface area (Å²) >= 11 is 0. The average Bonchev–Trinajstić information content (AvgIpc) is 2.49. The summed E-state index contributed by atoms with van der Waals surface area (Å²) in [6, 6.07) is 0. The normalized spacial score (nSPS) is 27.4. The third-order valence-electron chi connectivity index (χ3n) is 2.82. The Balaban J connectivity index is 2.77. The van der Waals surface area contributed by atoms with Crippen molar-refractivity contribution in [2.45, 2.75) is 39.0 Å². The second kappa shape index (κ2) is 4.40. The molecule has 3 heteroatoms. The molecule has 14 heavy (non-hydrogen) atoms. The van der Waals surface area contributed by atoms with Gasteiger partial charge in [-0.25, -0.2) is 0 Å². The van der Waals surface area contributed by atoms with Crippen molar-refractivity contribution in [3.8, 4) is 0 Å². The van der Waals surface area contributed by atoms with E-state index in [-0.39, 0.29) is 5.78 Å². The van der Waals surface area contributed by atoms with Crippen molar-refractivity contribution in [3.63, 3.8) is 0 Å². The van der Waals surface area contributed by atoms with Gasteiger partial charge in [0.05, 0.1) is 0 Å². The zero-order valence-corrected chi connectivity index (χ0v) is 8.45. The van der Waals surface area contributed by atoms with E-state index in [1.54, 1.807) is 0 Å². The third kappa shape index (κ3) is 1.86. The SMILES string of the molecule is CCC=CCC1(C(=O)O)CCCC1=O. The molecule has 0 bridgehead atoms. The Labute approximate surface area is 83.8 Å². The Morgan fingerprint density at radius 2 is 2.29 bits per heavy atom. The maximum Gasteiger partial charge on any atom is 0.317 e. The number of carbonyl (C=O) groups excluding carboxylic acids is 1. The zero-order chi connectivity index (χ0) is 10.6. The molecule has 0 heterocycles. The predicted octanol–water partition coefficient (Wildman–Crippen LogP) is 2.17. The van der Waals surface area contributed by atoms with Crippen LogP contribution in [0.4, 0.5) is 0 Å². The van der Waals surface area contributed by atoms with Gasteiger partial charge in [-0.1, -0.05) is 19.1 Å². The molecule has 0 saturated heterocycles. The summed E-state index contributed by atoms with van der Waals surface area (Å²) in [5.41, 5.74) is -1.11. The molecule has 0 aromatic rings. The lowest BCUT2D eigenvalue weighted by molar-refractivity contribution is -0.153. The van der Waals surface area contributed by atoms with Crippen molar-refractivity contribution < 1.29 is 14.7 Å². The van der Waals surface area contributed by atoms with Crippen LogP contribution in [-0.4, -0.2) is 16.9 Å². The van der Waals surface area contributed by atoms with E-state index in [4.69, 9.17) is 5.11 Å². The van der Waals surface area contributed by atoms with Crippen LogP contribution >= 0.6 is 0 Å². The Bertz CT molecular complexity index is 268. The molecule has 0 amide bonds. The highest BCUT2D eigenvalue weighted by Crippen LogP contribution is 2.38. The number of hydrogen-bond donors (Lipinski definition) is 1. The van der Waals surface area contributed by atoms with Gasteiger partial charge in [-0.2, -0.15) is 0 Å². The van der Waals surface area contributed by atoms with E-state index < -0.39 is 11.4 Å². The molecule has 0 aromatic heterocycles. The van der Waals surface area contributed by atoms with Crippen molar-refractivity contribution in [3.05, 3.63) is 12.2 Å². The number of Topliss-reactive ketones (excluding diaryl/α,β-unsaturated/α-hetero) is 1. The first-order valence-electron chi connectivity index (χ1n) is 5.05. The molecule has 1 N–H and O–H groups in total. The Hall–Kier alpha value is -1.12. The van der Waals surface area contributed by atoms with Gasteiger partial charge in [-0.05, 0) is 25.7 Å². The summed E-state index contributed by atoms with van der Waals surface area (Å²) in [7, 11) is 0. The van der Waals surface area contributed by atoms with Crippen molar-refractivity contribution >= 4 is 11.8 Å². The molecule has 78 valence electrons. The van der Waals surface area contributed by atoms with Crippen LogP contribution in [-0.2, 0) is 9.59 Å². The van der Waals surface area contributed by atoms with Crippen LogP contribution in [0, 0.1) is 5.41 Å². The van der Waals surface area contributed by atoms with Crippen LogP contribution in [0.15, 0.2) is 12.2 Å². The van der Waals surface area contributed by atoms with Crippen molar-refractivity contribution in [2.75, 3.05) is 0 Å². The number of ketones is 1. The number of hydrogen-bond acceptors (Lipinski definition) is 2. The fraction of sp³-hybridized carbons (Fsp3) is 0.636. The van der Waals surface area contributed by atoms with Gasteiger partial charge in [-0.3, -0.25) is 9.59 Å². The minimum absolute atomic E-state index is 0.106. The molecule has 1 atom stereocenters. The molecular formula is C11H16O3. The monoisotopic (exact) mass is 196 g/mol. The predicted molar refractivity (Wildman–Crippen MR) is 53.0 cm³/mol. The molecule has 0 radical (unpaired) electrons. The summed E-state index contributed by atoms with van der Waals surface area (Å²) in [6.07, 6.45) is 6.60. The first-order chi connectivity index (χ1) is 6.63. The number of carboxylic acid groups (broad SMARTS) is 1. The lowest BCUT2D eigenvalue weighted by atomic mass is 9.82. The summed E-state index contributed by atoms with van der Waals surface area (Å²) < 4.78 is 0. The van der Waals surface area contributed by atoms with Crippen LogP contribution in [0.1, 0.15) is 39.0 Å². The van der Waals surface area contributed by atoms with Crippen molar-refractivity contribution in [1.29, 1.82) is 0 Å². The maximum atomic E-state index is 11.5. The average molecular weight is 196 g/mol. The van der Waals surface area contributed by atoms with E-state index in [0.717, 1.165) is 6.42 Å². The van der Waals surface area contributed by atoms with Crippen molar-refractivity contribution in [1.82, 2.24) is 0 Å². The van der Waals surface area contributed by atoms with Crippen LogP contribution in [0.3, 0.4) is 0 Å². The minimum Gasteiger partial charge on any atom is -0.480 e. The summed E-state index contributed by atoms with van der Waals surface area (Å²) in [6.45, 7) is 1.99. The number of aliphatic carboxylic acids is 1. The molecule has 1 unspecified atom stereocenters. The van der Waals surface area contributed by atoms with Gasteiger partial charge in [0, 0.05) is 6.42 Å². The van der Waals surface area contributed by atoms with Crippen molar-refractivity contribution in [2.24, 2.45) is 5.41 Å². The van der Waals surface area contributed by atoms with Gasteiger partial charge in [0.1, 0.15) is 11.2 Å². The molecular weight excluding hydrogens is 180 g/mol. The van der Waals surface area contributed by atoms with Gasteiger partial charge >= 0.3 is 5.97 Å². The molecule has 1 saturated carbocycles. The lowest BCUT2D eigenvalue weighted by Crippen LogP contribution is -2.34. The van der Waals surface area contributed by atoms with Gasteiger partial charge < -0.3 is 5.11 Å². The molecule has 3 nitrogen and oxygen atoms in total. The summed E-state index contributed by atoms with van der Waals surface area (Å²) in [5.74, 6) is -1.06. The Kier molecular flexibility index (Phi) is 3.44. The van der Waals surface area contributed by atoms with Gasteiger partial charge in [-0.15, -0.1) is 0 Å². The molecule has 1 aliphatic carbocycles. The summed E-state index contributed by atoms with van der Waals surface area (Å²) in [4.78, 5) is 22.6. The minimum atomic E-state index is -1.11. The second-order valence-corrected chi connectivity index (χ2v) is 3.75. The van der Waals surface area contributed by atoms with E-state index in [9.17, 15) is 9.59 Å². The van der Waals surface area contributed by atoms with E-state index in [0.29, 0.717) is 25.7 Å². The molecule has 1 rings (SSSR count). The smallest absolute Gasteiger partial charge is 0.317 e. The standard InChI is InChI=1S/C11H16O3/c1-2-3-4-7-11(10(13)14)8-5-6-9(11)12/h3-4H,2,5-8H2,1H3,(H,13,14). The molecule has 0 aliphatic heterocycles. The number of carboxylic acids is 1. The molecule has 1 fully saturated rings. The maximum absolute atomic E-state index is 11.5. The number of allylic oxidation sites excluding steroid dienone is 2. The van der Waals surface area contributed by atoms with E-state index in [2.05, 4.69) is 0 Å². The Morgan fingerprint density at radius 1 is 1.57 bits per heavy atom. The van der Waals surface area contributed by atoms with E-state index >= 15 is 0 Å². The van der Waals surface area contributed by atoms with Crippen LogP contribution in [0.5, 0.6) is 0 Å². The van der Waals surface area contributed by atoms with Gasteiger partial charge in [0.2, 0.25) is 0 Å². The first-order valence-corrected chi connectivity index (χ1v) is 5.05. The van der Waals surface area contributed by atoms with Crippen LogP contribution in [0.25, 0.3) is 0 Å². The quantitative estimate of drug-likeness (QED) is 0.553. The third-order valence-corrected chi connectivity index (χ3v) is 2.82. The zero-order valence-electron chi connectivity index (χ0n) is 8.45.